The summed E-state index contributed by atoms with van der Waals surface area (Å²) in [5, 5.41) is 2.21. The molecular formula is C19H17BrF4N2O3. The molecule has 0 aliphatic carbocycles. The molecule has 156 valence electrons. The van der Waals surface area contributed by atoms with Crippen LogP contribution in [0.25, 0.3) is 0 Å². The Balaban J connectivity index is 2.21. The number of alkyl halides is 3. The largest absolute Gasteiger partial charge is 0.416 e. The molecule has 0 saturated heterocycles. The lowest BCUT2D eigenvalue weighted by Crippen LogP contribution is -2.25. The maximum atomic E-state index is 14.0. The third kappa shape index (κ3) is 6.18. The zero-order valence-electron chi connectivity index (χ0n) is 15.6. The van der Waals surface area contributed by atoms with Crippen molar-refractivity contribution in [2.75, 3.05) is 10.8 Å². The number of nitrogens with one attached hydrogen (secondary N) is 2. The molecule has 1 amide bonds. The van der Waals surface area contributed by atoms with Crippen LogP contribution >= 0.6 is 15.9 Å². The molecule has 0 fully saturated rings. The van der Waals surface area contributed by atoms with Gasteiger partial charge in [0, 0.05) is 10.0 Å². The quantitative estimate of drug-likeness (QED) is 0.433. The number of rotatable bonds is 4. The van der Waals surface area contributed by atoms with Crippen molar-refractivity contribution in [2.24, 2.45) is 5.41 Å². The topological polar surface area (TPSA) is 67.4 Å². The summed E-state index contributed by atoms with van der Waals surface area (Å²) in [5.41, 5.74) is 0.0789. The van der Waals surface area contributed by atoms with Crippen molar-refractivity contribution in [3.8, 4) is 0 Å². The molecule has 0 bridgehead atoms. The van der Waals surface area contributed by atoms with Crippen LogP contribution in [-0.4, -0.2) is 11.9 Å². The van der Waals surface area contributed by atoms with Gasteiger partial charge in [0.2, 0.25) is 0 Å². The summed E-state index contributed by atoms with van der Waals surface area (Å²) < 4.78 is 52.9. The molecule has 2 rings (SSSR count). The highest BCUT2D eigenvalue weighted by molar-refractivity contribution is 9.10. The van der Waals surface area contributed by atoms with Crippen molar-refractivity contribution in [2.45, 2.75) is 26.9 Å². The molecule has 0 aliphatic rings. The maximum absolute atomic E-state index is 14.0. The minimum Gasteiger partial charge on any atom is -0.343 e. The summed E-state index contributed by atoms with van der Waals surface area (Å²) in [7, 11) is 0. The molecule has 5 nitrogen and oxygen atoms in total. The van der Waals surface area contributed by atoms with Crippen LogP contribution in [0.4, 0.5) is 28.9 Å². The summed E-state index contributed by atoms with van der Waals surface area (Å²) in [6.07, 6.45) is -4.65. The highest BCUT2D eigenvalue weighted by atomic mass is 79.9. The monoisotopic (exact) mass is 476 g/mol. The van der Waals surface area contributed by atoms with E-state index in [2.05, 4.69) is 26.7 Å². The molecule has 10 heteroatoms. The van der Waals surface area contributed by atoms with Gasteiger partial charge in [0.05, 0.1) is 22.4 Å². The number of hydrogen-bond acceptors (Lipinski definition) is 4. The molecule has 2 aromatic rings. The molecule has 0 aromatic heterocycles. The Morgan fingerprint density at radius 2 is 1.69 bits per heavy atom. The zero-order valence-corrected chi connectivity index (χ0v) is 17.2. The fourth-order valence-electron chi connectivity index (χ4n) is 2.02. The maximum Gasteiger partial charge on any atom is 0.416 e. The van der Waals surface area contributed by atoms with E-state index in [-0.39, 0.29) is 21.4 Å². The van der Waals surface area contributed by atoms with Crippen molar-refractivity contribution in [3.05, 3.63) is 57.8 Å². The Morgan fingerprint density at radius 3 is 2.28 bits per heavy atom. The second-order valence-electron chi connectivity index (χ2n) is 7.12. The number of halogens is 5. The van der Waals surface area contributed by atoms with Crippen LogP contribution in [-0.2, 0) is 15.8 Å². The third-order valence-electron chi connectivity index (χ3n) is 3.58. The van der Waals surface area contributed by atoms with Crippen LogP contribution in [0.3, 0.4) is 0 Å². The van der Waals surface area contributed by atoms with Crippen LogP contribution in [0.2, 0.25) is 0 Å². The van der Waals surface area contributed by atoms with Gasteiger partial charge in [-0.3, -0.25) is 4.79 Å². The second-order valence-corrected chi connectivity index (χ2v) is 8.03. The lowest BCUT2D eigenvalue weighted by atomic mass is 9.98. The predicted molar refractivity (Wildman–Crippen MR) is 103 cm³/mol. The number of carbonyl (C=O) groups is 2. The number of benzene rings is 2. The number of anilines is 2. The summed E-state index contributed by atoms with van der Waals surface area (Å²) in [4.78, 5) is 29.0. The van der Waals surface area contributed by atoms with E-state index >= 15 is 0 Å². The molecule has 2 aromatic carbocycles. The van der Waals surface area contributed by atoms with Crippen LogP contribution in [0.1, 0.15) is 36.7 Å². The molecule has 0 unspecified atom stereocenters. The minimum atomic E-state index is -4.65. The molecular weight excluding hydrogens is 460 g/mol. The standard InChI is InChI=1S/C19H17BrF4N2O3/c1-18(2,3)17(28)29-26-13-4-5-14(21)15(9-13)25-16(27)10-6-11(19(22,23)24)8-12(20)7-10/h4-9,26H,1-3H3,(H,25,27). The van der Waals surface area contributed by atoms with Crippen molar-refractivity contribution in [3.63, 3.8) is 0 Å². The van der Waals surface area contributed by atoms with E-state index in [1.54, 1.807) is 20.8 Å². The van der Waals surface area contributed by atoms with Gasteiger partial charge in [0.1, 0.15) is 5.82 Å². The van der Waals surface area contributed by atoms with Gasteiger partial charge < -0.3 is 10.2 Å². The summed E-state index contributed by atoms with van der Waals surface area (Å²) in [6.45, 7) is 4.92. The number of hydrogen-bond donors (Lipinski definition) is 2. The van der Waals surface area contributed by atoms with Gasteiger partial charge in [0.25, 0.3) is 5.91 Å². The fraction of sp³-hybridized carbons (Fsp3) is 0.263. The predicted octanol–water partition coefficient (Wildman–Crippen LogP) is 5.78. The lowest BCUT2D eigenvalue weighted by Gasteiger charge is -2.17. The average molecular weight is 477 g/mol. The first kappa shape index (κ1) is 22.7. The molecule has 2 N–H and O–H groups in total. The second kappa shape index (κ2) is 8.40. The van der Waals surface area contributed by atoms with Crippen LogP contribution < -0.4 is 10.8 Å². The first-order chi connectivity index (χ1) is 13.3. The molecule has 29 heavy (non-hydrogen) atoms. The molecule has 0 saturated carbocycles. The van der Waals surface area contributed by atoms with E-state index in [0.29, 0.717) is 6.07 Å². The van der Waals surface area contributed by atoms with E-state index < -0.39 is 34.8 Å². The number of carbonyl (C=O) groups excluding carboxylic acids is 2. The fourth-order valence-corrected chi connectivity index (χ4v) is 2.52. The van der Waals surface area contributed by atoms with Gasteiger partial charge in [-0.15, -0.1) is 0 Å². The Bertz CT molecular complexity index is 940. The molecule has 0 heterocycles. The summed E-state index contributed by atoms with van der Waals surface area (Å²) in [6, 6.07) is 6.07. The minimum absolute atomic E-state index is 0.0439. The average Bonchev–Trinajstić information content (AvgIpc) is 2.59. The lowest BCUT2D eigenvalue weighted by molar-refractivity contribution is -0.149. The van der Waals surface area contributed by atoms with E-state index in [0.717, 1.165) is 18.2 Å². The molecule has 0 spiro atoms. The van der Waals surface area contributed by atoms with Crippen LogP contribution in [0.15, 0.2) is 40.9 Å². The van der Waals surface area contributed by atoms with Crippen molar-refractivity contribution < 1.29 is 32.0 Å². The first-order valence-electron chi connectivity index (χ1n) is 8.23. The van der Waals surface area contributed by atoms with Gasteiger partial charge in [-0.05, 0) is 57.2 Å². The third-order valence-corrected chi connectivity index (χ3v) is 4.03. The molecule has 0 radical (unpaired) electrons. The Kier molecular flexibility index (Phi) is 6.56. The van der Waals surface area contributed by atoms with Gasteiger partial charge >= 0.3 is 12.1 Å². The van der Waals surface area contributed by atoms with Crippen molar-refractivity contribution in [1.82, 2.24) is 0 Å². The normalized spacial score (nSPS) is 11.7. The summed E-state index contributed by atoms with van der Waals surface area (Å²) >= 11 is 2.92. The van der Waals surface area contributed by atoms with Crippen LogP contribution in [0.5, 0.6) is 0 Å². The Hall–Kier alpha value is -2.62. The smallest absolute Gasteiger partial charge is 0.343 e. The SMILES string of the molecule is CC(C)(C)C(=O)ONc1ccc(F)c(NC(=O)c2cc(Br)cc(C(F)(F)F)c2)c1. The van der Waals surface area contributed by atoms with Gasteiger partial charge in [-0.25, -0.2) is 14.7 Å². The molecule has 0 aliphatic heterocycles. The van der Waals surface area contributed by atoms with E-state index in [1.807, 2.05) is 0 Å². The van der Waals surface area contributed by atoms with E-state index in [9.17, 15) is 27.2 Å². The van der Waals surface area contributed by atoms with Crippen molar-refractivity contribution in [1.29, 1.82) is 0 Å². The van der Waals surface area contributed by atoms with Gasteiger partial charge in [-0.1, -0.05) is 15.9 Å². The Morgan fingerprint density at radius 1 is 1.03 bits per heavy atom. The first-order valence-corrected chi connectivity index (χ1v) is 9.02. The Labute approximate surface area is 172 Å². The summed E-state index contributed by atoms with van der Waals surface area (Å²) in [5.74, 6) is -2.34. The van der Waals surface area contributed by atoms with Gasteiger partial charge in [0.15, 0.2) is 0 Å². The molecule has 0 atom stereocenters. The van der Waals surface area contributed by atoms with Crippen molar-refractivity contribution >= 4 is 39.2 Å². The highest BCUT2D eigenvalue weighted by Crippen LogP contribution is 2.32. The van der Waals surface area contributed by atoms with E-state index in [4.69, 9.17) is 4.84 Å². The van der Waals surface area contributed by atoms with Crippen LogP contribution in [0, 0.1) is 11.2 Å². The number of amides is 1. The van der Waals surface area contributed by atoms with Gasteiger partial charge in [-0.2, -0.15) is 13.2 Å². The van der Waals surface area contributed by atoms with E-state index in [1.165, 1.54) is 12.1 Å². The highest BCUT2D eigenvalue weighted by Gasteiger charge is 2.31. The zero-order chi connectivity index (χ0) is 22.0.